The van der Waals surface area contributed by atoms with E-state index in [1.165, 1.54) is 11.3 Å². The van der Waals surface area contributed by atoms with Crippen molar-refractivity contribution < 1.29 is 9.90 Å². The van der Waals surface area contributed by atoms with E-state index >= 15 is 0 Å². The average Bonchev–Trinajstić information content (AvgIpc) is 2.81. The number of para-hydroxylation sites is 1. The number of thiazole rings is 1. The SMILES string of the molecule is NC(=O)Nc1ccccc1-c1nc2ccc(O)cc2s1. The minimum absolute atomic E-state index is 0.205. The number of aromatic hydroxyl groups is 1. The highest BCUT2D eigenvalue weighted by Gasteiger charge is 2.11. The molecule has 20 heavy (non-hydrogen) atoms. The maximum Gasteiger partial charge on any atom is 0.316 e. The van der Waals surface area contributed by atoms with Gasteiger partial charge in [0, 0.05) is 5.56 Å². The molecule has 1 heterocycles. The van der Waals surface area contributed by atoms with Crippen molar-refractivity contribution in [2.24, 2.45) is 5.73 Å². The summed E-state index contributed by atoms with van der Waals surface area (Å²) in [7, 11) is 0. The van der Waals surface area contributed by atoms with Crippen LogP contribution in [-0.2, 0) is 0 Å². The lowest BCUT2D eigenvalue weighted by Crippen LogP contribution is -2.19. The second-order valence-electron chi connectivity index (χ2n) is 4.21. The first kappa shape index (κ1) is 12.4. The minimum atomic E-state index is -0.615. The number of urea groups is 1. The molecule has 0 unspecified atom stereocenters. The monoisotopic (exact) mass is 285 g/mol. The lowest BCUT2D eigenvalue weighted by atomic mass is 10.2. The molecule has 0 spiro atoms. The van der Waals surface area contributed by atoms with Gasteiger partial charge in [0.25, 0.3) is 0 Å². The molecule has 0 saturated heterocycles. The van der Waals surface area contributed by atoms with Gasteiger partial charge in [-0.25, -0.2) is 9.78 Å². The van der Waals surface area contributed by atoms with Gasteiger partial charge in [0.05, 0.1) is 15.9 Å². The van der Waals surface area contributed by atoms with Crippen molar-refractivity contribution in [3.8, 4) is 16.3 Å². The molecule has 3 aromatic rings. The summed E-state index contributed by atoms with van der Waals surface area (Å²) in [6.45, 7) is 0. The number of nitrogens with two attached hydrogens (primary N) is 1. The van der Waals surface area contributed by atoms with Gasteiger partial charge < -0.3 is 16.2 Å². The number of rotatable bonds is 2. The molecule has 100 valence electrons. The van der Waals surface area contributed by atoms with Gasteiger partial charge in [0.2, 0.25) is 0 Å². The summed E-state index contributed by atoms with van der Waals surface area (Å²) in [6, 6.07) is 11.7. The number of anilines is 1. The topological polar surface area (TPSA) is 88.2 Å². The molecule has 1 aromatic heterocycles. The van der Waals surface area contributed by atoms with Crippen LogP contribution in [0.5, 0.6) is 5.75 Å². The number of phenols is 1. The highest BCUT2D eigenvalue weighted by molar-refractivity contribution is 7.21. The Morgan fingerprint density at radius 3 is 2.85 bits per heavy atom. The quantitative estimate of drug-likeness (QED) is 0.675. The largest absolute Gasteiger partial charge is 0.508 e. The third-order valence-electron chi connectivity index (χ3n) is 2.79. The summed E-state index contributed by atoms with van der Waals surface area (Å²) in [5.41, 5.74) is 7.38. The number of carbonyl (C=O) groups excluding carboxylic acids is 1. The summed E-state index contributed by atoms with van der Waals surface area (Å²) in [6.07, 6.45) is 0. The second kappa shape index (κ2) is 4.82. The Hall–Kier alpha value is -2.60. The second-order valence-corrected chi connectivity index (χ2v) is 5.24. The molecule has 0 bridgehead atoms. The van der Waals surface area contributed by atoms with Crippen molar-refractivity contribution in [3.05, 3.63) is 42.5 Å². The first-order valence-electron chi connectivity index (χ1n) is 5.89. The fraction of sp³-hybridized carbons (Fsp3) is 0. The number of fused-ring (bicyclic) bond motifs is 1. The molecule has 0 aliphatic carbocycles. The van der Waals surface area contributed by atoms with Gasteiger partial charge in [0.1, 0.15) is 10.8 Å². The normalized spacial score (nSPS) is 10.6. The Balaban J connectivity index is 2.13. The predicted octanol–water partition coefficient (Wildman–Crippen LogP) is 3.16. The maximum absolute atomic E-state index is 11.0. The van der Waals surface area contributed by atoms with E-state index in [4.69, 9.17) is 5.73 Å². The summed E-state index contributed by atoms with van der Waals surface area (Å²) >= 11 is 1.44. The van der Waals surface area contributed by atoms with Crippen LogP contribution < -0.4 is 11.1 Å². The van der Waals surface area contributed by atoms with Crippen molar-refractivity contribution in [2.75, 3.05) is 5.32 Å². The zero-order valence-corrected chi connectivity index (χ0v) is 11.1. The van der Waals surface area contributed by atoms with Crippen LogP contribution in [-0.4, -0.2) is 16.1 Å². The molecular formula is C14H11N3O2S. The van der Waals surface area contributed by atoms with Crippen molar-refractivity contribution in [2.45, 2.75) is 0 Å². The maximum atomic E-state index is 11.0. The van der Waals surface area contributed by atoms with E-state index in [1.54, 1.807) is 24.3 Å². The molecule has 0 radical (unpaired) electrons. The highest BCUT2D eigenvalue weighted by atomic mass is 32.1. The number of hydrogen-bond acceptors (Lipinski definition) is 4. The van der Waals surface area contributed by atoms with Gasteiger partial charge in [-0.2, -0.15) is 0 Å². The third kappa shape index (κ3) is 2.28. The number of nitrogens with zero attached hydrogens (tertiary/aromatic N) is 1. The molecule has 3 rings (SSSR count). The number of hydrogen-bond donors (Lipinski definition) is 3. The van der Waals surface area contributed by atoms with E-state index in [0.29, 0.717) is 5.69 Å². The zero-order chi connectivity index (χ0) is 14.1. The van der Waals surface area contributed by atoms with Crippen molar-refractivity contribution in [1.82, 2.24) is 4.98 Å². The molecule has 0 aliphatic rings. The van der Waals surface area contributed by atoms with E-state index in [1.807, 2.05) is 18.2 Å². The first-order valence-corrected chi connectivity index (χ1v) is 6.70. The highest BCUT2D eigenvalue weighted by Crippen LogP contribution is 2.35. The Kier molecular flexibility index (Phi) is 3.00. The molecular weight excluding hydrogens is 274 g/mol. The van der Waals surface area contributed by atoms with E-state index in [0.717, 1.165) is 20.8 Å². The van der Waals surface area contributed by atoms with Gasteiger partial charge in [-0.15, -0.1) is 11.3 Å². The van der Waals surface area contributed by atoms with E-state index in [-0.39, 0.29) is 5.75 Å². The number of phenolic OH excluding ortho intramolecular Hbond substituents is 1. The Bertz CT molecular complexity index is 798. The molecule has 2 amide bonds. The predicted molar refractivity (Wildman–Crippen MR) is 79.9 cm³/mol. The van der Waals surface area contributed by atoms with Gasteiger partial charge >= 0.3 is 6.03 Å². The van der Waals surface area contributed by atoms with Crippen LogP contribution in [0.15, 0.2) is 42.5 Å². The van der Waals surface area contributed by atoms with Crippen LogP contribution in [0.4, 0.5) is 10.5 Å². The van der Waals surface area contributed by atoms with E-state index in [2.05, 4.69) is 10.3 Å². The molecule has 2 aromatic carbocycles. The number of carbonyl (C=O) groups is 1. The lowest BCUT2D eigenvalue weighted by Gasteiger charge is -2.06. The molecule has 0 saturated carbocycles. The van der Waals surface area contributed by atoms with Crippen molar-refractivity contribution >= 4 is 33.3 Å². The van der Waals surface area contributed by atoms with Crippen LogP contribution in [0.3, 0.4) is 0 Å². The number of benzene rings is 2. The number of nitrogens with one attached hydrogen (secondary N) is 1. The first-order chi connectivity index (χ1) is 9.63. The van der Waals surface area contributed by atoms with Crippen LogP contribution in [0.1, 0.15) is 0 Å². The van der Waals surface area contributed by atoms with Crippen LogP contribution >= 0.6 is 11.3 Å². The standard InChI is InChI=1S/C14H11N3O2S/c15-14(19)17-10-4-2-1-3-9(10)13-16-11-6-5-8(18)7-12(11)20-13/h1-7,18H,(H3,15,17,19). The number of aromatic nitrogens is 1. The zero-order valence-electron chi connectivity index (χ0n) is 10.3. The molecule has 0 fully saturated rings. The summed E-state index contributed by atoms with van der Waals surface area (Å²) in [5, 5.41) is 12.8. The Morgan fingerprint density at radius 1 is 1.25 bits per heavy atom. The lowest BCUT2D eigenvalue weighted by molar-refractivity contribution is 0.259. The van der Waals surface area contributed by atoms with E-state index < -0.39 is 6.03 Å². The molecule has 6 heteroatoms. The molecule has 0 atom stereocenters. The van der Waals surface area contributed by atoms with Gasteiger partial charge in [-0.3, -0.25) is 0 Å². The Morgan fingerprint density at radius 2 is 2.05 bits per heavy atom. The fourth-order valence-corrected chi connectivity index (χ4v) is 2.98. The van der Waals surface area contributed by atoms with Crippen LogP contribution in [0, 0.1) is 0 Å². The smallest absolute Gasteiger partial charge is 0.316 e. The Labute approximate surface area is 118 Å². The molecule has 4 N–H and O–H groups in total. The van der Waals surface area contributed by atoms with Crippen molar-refractivity contribution in [1.29, 1.82) is 0 Å². The van der Waals surface area contributed by atoms with Crippen molar-refractivity contribution in [3.63, 3.8) is 0 Å². The van der Waals surface area contributed by atoms with Crippen LogP contribution in [0.2, 0.25) is 0 Å². The van der Waals surface area contributed by atoms with Gasteiger partial charge in [-0.1, -0.05) is 12.1 Å². The van der Waals surface area contributed by atoms with Gasteiger partial charge in [-0.05, 0) is 30.3 Å². The third-order valence-corrected chi connectivity index (χ3v) is 3.84. The molecule has 0 aliphatic heterocycles. The number of amides is 2. The molecule has 5 nitrogen and oxygen atoms in total. The minimum Gasteiger partial charge on any atom is -0.508 e. The average molecular weight is 285 g/mol. The fourth-order valence-electron chi connectivity index (χ4n) is 1.94. The summed E-state index contributed by atoms with van der Waals surface area (Å²) in [5.74, 6) is 0.205. The van der Waals surface area contributed by atoms with Crippen LogP contribution in [0.25, 0.3) is 20.8 Å². The number of primary amides is 1. The van der Waals surface area contributed by atoms with Gasteiger partial charge in [0.15, 0.2) is 0 Å². The summed E-state index contributed by atoms with van der Waals surface area (Å²) < 4.78 is 0.883. The summed E-state index contributed by atoms with van der Waals surface area (Å²) in [4.78, 5) is 15.5. The van der Waals surface area contributed by atoms with E-state index in [9.17, 15) is 9.90 Å².